The van der Waals surface area contributed by atoms with Crippen molar-refractivity contribution >= 4 is 36.6 Å². The molecule has 3 rings (SSSR count). The monoisotopic (exact) mass is 458 g/mol. The summed E-state index contributed by atoms with van der Waals surface area (Å²) in [7, 11) is 0. The third-order valence-corrected chi connectivity index (χ3v) is 5.97. The van der Waals surface area contributed by atoms with Gasteiger partial charge in [0.05, 0.1) is 6.54 Å². The first-order chi connectivity index (χ1) is 13.5. The molecule has 2 amide bonds. The molecule has 170 valence electrons. The lowest BCUT2D eigenvalue weighted by Gasteiger charge is -2.41. The van der Waals surface area contributed by atoms with Crippen LogP contribution in [-0.2, 0) is 11.3 Å². The molecule has 2 saturated heterocycles. The standard InChI is InChI=1S/C22H34N4O2.2ClH/c1-4-24(17(2)3)15-18-7-9-19(10-8-18)22(28)25-12-5-6-20(16-25)26-13-11-23-14-21(26)27;;/h7-10,17,20,23H,4-6,11-16H2,1-3H3;2*1H. The molecule has 0 spiro atoms. The van der Waals surface area contributed by atoms with Crippen LogP contribution in [0.2, 0.25) is 0 Å². The summed E-state index contributed by atoms with van der Waals surface area (Å²) in [5.41, 5.74) is 1.97. The molecular formula is C22H36Cl2N4O2. The number of piperidine rings is 1. The van der Waals surface area contributed by atoms with Crippen molar-refractivity contribution in [2.45, 2.75) is 52.2 Å². The highest BCUT2D eigenvalue weighted by atomic mass is 35.5. The first-order valence-electron chi connectivity index (χ1n) is 10.6. The smallest absolute Gasteiger partial charge is 0.253 e. The van der Waals surface area contributed by atoms with Gasteiger partial charge in [0.25, 0.3) is 5.91 Å². The van der Waals surface area contributed by atoms with E-state index < -0.39 is 0 Å². The Morgan fingerprint density at radius 2 is 1.90 bits per heavy atom. The summed E-state index contributed by atoms with van der Waals surface area (Å²) in [6, 6.07) is 8.69. The van der Waals surface area contributed by atoms with E-state index in [0.717, 1.165) is 51.1 Å². The molecule has 2 heterocycles. The maximum absolute atomic E-state index is 13.0. The van der Waals surface area contributed by atoms with Crippen LogP contribution in [0.15, 0.2) is 24.3 Å². The molecular weight excluding hydrogens is 423 g/mol. The van der Waals surface area contributed by atoms with Gasteiger partial charge < -0.3 is 15.1 Å². The van der Waals surface area contributed by atoms with Crippen LogP contribution in [0.3, 0.4) is 0 Å². The molecule has 1 unspecified atom stereocenters. The molecule has 0 saturated carbocycles. The van der Waals surface area contributed by atoms with Crippen molar-refractivity contribution in [3.63, 3.8) is 0 Å². The summed E-state index contributed by atoms with van der Waals surface area (Å²) in [4.78, 5) is 31.5. The van der Waals surface area contributed by atoms with E-state index >= 15 is 0 Å². The number of amides is 2. The highest BCUT2D eigenvalue weighted by molar-refractivity contribution is 5.94. The number of carbonyl (C=O) groups excluding carboxylic acids is 2. The van der Waals surface area contributed by atoms with Crippen molar-refractivity contribution in [2.75, 3.05) is 39.3 Å². The number of nitrogens with one attached hydrogen (secondary N) is 1. The average Bonchev–Trinajstić information content (AvgIpc) is 2.72. The molecule has 0 bridgehead atoms. The van der Waals surface area contributed by atoms with Gasteiger partial charge in [0, 0.05) is 50.4 Å². The van der Waals surface area contributed by atoms with Gasteiger partial charge in [-0.15, -0.1) is 24.8 Å². The second-order valence-corrected chi connectivity index (χ2v) is 8.16. The minimum absolute atomic E-state index is 0. The Labute approximate surface area is 193 Å². The maximum Gasteiger partial charge on any atom is 0.253 e. The number of rotatable bonds is 6. The van der Waals surface area contributed by atoms with Crippen LogP contribution in [0.25, 0.3) is 0 Å². The van der Waals surface area contributed by atoms with Crippen LogP contribution < -0.4 is 5.32 Å². The lowest BCUT2D eigenvalue weighted by Crippen LogP contribution is -2.57. The van der Waals surface area contributed by atoms with E-state index in [2.05, 4.69) is 43.1 Å². The van der Waals surface area contributed by atoms with E-state index in [1.165, 1.54) is 5.56 Å². The van der Waals surface area contributed by atoms with Gasteiger partial charge in [-0.1, -0.05) is 19.1 Å². The Hall–Kier alpha value is -1.34. The Morgan fingerprint density at radius 1 is 1.20 bits per heavy atom. The fourth-order valence-corrected chi connectivity index (χ4v) is 4.23. The highest BCUT2D eigenvalue weighted by Crippen LogP contribution is 2.19. The number of likely N-dealkylation sites (tertiary alicyclic amines) is 1. The molecule has 0 radical (unpaired) electrons. The number of benzene rings is 1. The minimum atomic E-state index is 0. The van der Waals surface area contributed by atoms with Crippen LogP contribution >= 0.6 is 24.8 Å². The SMILES string of the molecule is CCN(Cc1ccc(C(=O)N2CCCC(N3CCNCC3=O)C2)cc1)C(C)C.Cl.Cl. The molecule has 1 atom stereocenters. The van der Waals surface area contributed by atoms with Crippen molar-refractivity contribution < 1.29 is 9.59 Å². The predicted octanol–water partition coefficient (Wildman–Crippen LogP) is 2.80. The first kappa shape index (κ1) is 26.7. The van der Waals surface area contributed by atoms with Crippen molar-refractivity contribution in [3.8, 4) is 0 Å². The zero-order valence-electron chi connectivity index (χ0n) is 18.3. The molecule has 30 heavy (non-hydrogen) atoms. The van der Waals surface area contributed by atoms with Crippen LogP contribution in [-0.4, -0.2) is 77.9 Å². The van der Waals surface area contributed by atoms with Crippen LogP contribution in [0.1, 0.15) is 49.5 Å². The summed E-state index contributed by atoms with van der Waals surface area (Å²) < 4.78 is 0. The summed E-state index contributed by atoms with van der Waals surface area (Å²) in [6.07, 6.45) is 1.93. The van der Waals surface area contributed by atoms with E-state index in [-0.39, 0.29) is 42.7 Å². The summed E-state index contributed by atoms with van der Waals surface area (Å²) in [5.74, 6) is 0.232. The molecule has 1 N–H and O–H groups in total. The fraction of sp³-hybridized carbons (Fsp3) is 0.636. The average molecular weight is 459 g/mol. The van der Waals surface area contributed by atoms with E-state index in [0.29, 0.717) is 19.1 Å². The Morgan fingerprint density at radius 3 is 2.50 bits per heavy atom. The lowest BCUT2D eigenvalue weighted by molar-refractivity contribution is -0.135. The lowest BCUT2D eigenvalue weighted by atomic mass is 10.0. The largest absolute Gasteiger partial charge is 0.337 e. The number of halogens is 2. The second kappa shape index (κ2) is 12.5. The van der Waals surface area contributed by atoms with Crippen molar-refractivity contribution in [1.82, 2.24) is 20.0 Å². The molecule has 0 aromatic heterocycles. The number of carbonyl (C=O) groups is 2. The van der Waals surface area contributed by atoms with Gasteiger partial charge >= 0.3 is 0 Å². The molecule has 2 fully saturated rings. The number of hydrogen-bond donors (Lipinski definition) is 1. The topological polar surface area (TPSA) is 55.9 Å². The minimum Gasteiger partial charge on any atom is -0.337 e. The van der Waals surface area contributed by atoms with Gasteiger partial charge in [-0.05, 0) is 50.9 Å². The van der Waals surface area contributed by atoms with Gasteiger partial charge in [-0.3, -0.25) is 14.5 Å². The van der Waals surface area contributed by atoms with Gasteiger partial charge in [-0.25, -0.2) is 0 Å². The van der Waals surface area contributed by atoms with Crippen LogP contribution in [0, 0.1) is 0 Å². The third-order valence-electron chi connectivity index (χ3n) is 5.97. The highest BCUT2D eigenvalue weighted by Gasteiger charge is 2.31. The Balaban J connectivity index is 0.00000225. The van der Waals surface area contributed by atoms with E-state index in [4.69, 9.17) is 0 Å². The molecule has 1 aromatic carbocycles. The first-order valence-corrected chi connectivity index (χ1v) is 10.6. The molecule has 6 nitrogen and oxygen atoms in total. The third kappa shape index (κ3) is 6.58. The van der Waals surface area contributed by atoms with Gasteiger partial charge in [-0.2, -0.15) is 0 Å². The quantitative estimate of drug-likeness (QED) is 0.711. The van der Waals surface area contributed by atoms with E-state index in [1.54, 1.807) is 0 Å². The molecule has 0 aliphatic carbocycles. The zero-order chi connectivity index (χ0) is 20.1. The molecule has 1 aromatic rings. The second-order valence-electron chi connectivity index (χ2n) is 8.16. The van der Waals surface area contributed by atoms with Crippen LogP contribution in [0.4, 0.5) is 0 Å². The molecule has 8 heteroatoms. The normalized spacial score (nSPS) is 19.5. The van der Waals surface area contributed by atoms with Crippen molar-refractivity contribution in [1.29, 1.82) is 0 Å². The number of piperazine rings is 1. The predicted molar refractivity (Wildman–Crippen MR) is 126 cm³/mol. The van der Waals surface area contributed by atoms with Crippen molar-refractivity contribution in [2.24, 2.45) is 0 Å². The zero-order valence-corrected chi connectivity index (χ0v) is 19.9. The Bertz CT molecular complexity index is 684. The van der Waals surface area contributed by atoms with E-state index in [1.807, 2.05) is 21.9 Å². The van der Waals surface area contributed by atoms with Gasteiger partial charge in [0.15, 0.2) is 0 Å². The van der Waals surface area contributed by atoms with E-state index in [9.17, 15) is 9.59 Å². The summed E-state index contributed by atoms with van der Waals surface area (Å²) in [5, 5.41) is 3.12. The number of nitrogens with zero attached hydrogens (tertiary/aromatic N) is 3. The summed E-state index contributed by atoms with van der Waals surface area (Å²) >= 11 is 0. The maximum atomic E-state index is 13.0. The van der Waals surface area contributed by atoms with Gasteiger partial charge in [0.1, 0.15) is 0 Å². The fourth-order valence-electron chi connectivity index (χ4n) is 4.23. The van der Waals surface area contributed by atoms with Crippen molar-refractivity contribution in [3.05, 3.63) is 35.4 Å². The number of hydrogen-bond acceptors (Lipinski definition) is 4. The molecule has 2 aliphatic rings. The molecule has 2 aliphatic heterocycles. The summed E-state index contributed by atoms with van der Waals surface area (Å²) in [6.45, 7) is 11.9. The van der Waals surface area contributed by atoms with Crippen LogP contribution in [0.5, 0.6) is 0 Å². The van der Waals surface area contributed by atoms with Gasteiger partial charge in [0.2, 0.25) is 5.91 Å². The Kier molecular flexibility index (Phi) is 11.1.